The molecule has 6 nitrogen and oxygen atoms in total. The molecular formula is C19H23N3O3S. The molecule has 0 radical (unpaired) electrons. The van der Waals surface area contributed by atoms with Crippen LogP contribution in [-0.4, -0.2) is 36.7 Å². The molecule has 0 unspecified atom stereocenters. The van der Waals surface area contributed by atoms with E-state index in [4.69, 9.17) is 0 Å². The van der Waals surface area contributed by atoms with Crippen LogP contribution < -0.4 is 5.32 Å². The summed E-state index contributed by atoms with van der Waals surface area (Å²) >= 11 is 0. The minimum atomic E-state index is -3.25. The van der Waals surface area contributed by atoms with Crippen LogP contribution in [0.5, 0.6) is 0 Å². The van der Waals surface area contributed by atoms with Gasteiger partial charge in [0, 0.05) is 37.6 Å². The highest BCUT2D eigenvalue weighted by Crippen LogP contribution is 2.17. The van der Waals surface area contributed by atoms with Crippen LogP contribution in [0.4, 0.5) is 0 Å². The summed E-state index contributed by atoms with van der Waals surface area (Å²) < 4.78 is 26.5. The van der Waals surface area contributed by atoms with Crippen molar-refractivity contribution in [1.82, 2.24) is 14.6 Å². The lowest BCUT2D eigenvalue weighted by molar-refractivity contribution is 0.0951. The number of sulfonamides is 1. The van der Waals surface area contributed by atoms with E-state index >= 15 is 0 Å². The van der Waals surface area contributed by atoms with Crippen LogP contribution >= 0.6 is 0 Å². The lowest BCUT2D eigenvalue weighted by Crippen LogP contribution is -2.36. The fourth-order valence-electron chi connectivity index (χ4n) is 2.99. The summed E-state index contributed by atoms with van der Waals surface area (Å²) in [4.78, 5) is 15.9. The first-order chi connectivity index (χ1) is 12.5. The fraction of sp³-hybridized carbons (Fsp3) is 0.368. The zero-order valence-corrected chi connectivity index (χ0v) is 15.4. The molecule has 0 aliphatic carbocycles. The highest BCUT2D eigenvalue weighted by Gasteiger charge is 2.23. The van der Waals surface area contributed by atoms with Crippen LogP contribution in [0.3, 0.4) is 0 Å². The second kappa shape index (κ2) is 8.42. The molecule has 2 heterocycles. The third-order valence-electron chi connectivity index (χ3n) is 4.48. The van der Waals surface area contributed by atoms with Crippen molar-refractivity contribution in [2.45, 2.75) is 31.6 Å². The number of nitrogens with zero attached hydrogens (tertiary/aromatic N) is 2. The Balaban J connectivity index is 1.55. The molecule has 1 fully saturated rings. The maximum absolute atomic E-state index is 12.5. The number of benzene rings is 1. The predicted molar refractivity (Wildman–Crippen MR) is 99.9 cm³/mol. The summed E-state index contributed by atoms with van der Waals surface area (Å²) in [5, 5.41) is 2.84. The normalized spacial score (nSPS) is 15.5. The molecule has 1 aliphatic heterocycles. The monoisotopic (exact) mass is 373 g/mol. The molecule has 138 valence electrons. The Kier molecular flexibility index (Phi) is 6.00. The summed E-state index contributed by atoms with van der Waals surface area (Å²) in [6, 6.07) is 10.7. The van der Waals surface area contributed by atoms with Gasteiger partial charge in [0.1, 0.15) is 0 Å². The molecule has 0 saturated carbocycles. The Morgan fingerprint density at radius 1 is 0.962 bits per heavy atom. The Morgan fingerprint density at radius 2 is 1.58 bits per heavy atom. The molecule has 7 heteroatoms. The molecule has 1 amide bonds. The van der Waals surface area contributed by atoms with Gasteiger partial charge in [-0.05, 0) is 36.1 Å². The van der Waals surface area contributed by atoms with Crippen molar-refractivity contribution in [3.63, 3.8) is 0 Å². The van der Waals surface area contributed by atoms with Crippen LogP contribution in [0.1, 0.15) is 40.7 Å². The van der Waals surface area contributed by atoms with Gasteiger partial charge in [0.2, 0.25) is 10.0 Å². The van der Waals surface area contributed by atoms with Gasteiger partial charge in [-0.3, -0.25) is 9.78 Å². The van der Waals surface area contributed by atoms with Crippen molar-refractivity contribution in [1.29, 1.82) is 0 Å². The largest absolute Gasteiger partial charge is 0.348 e. The Morgan fingerprint density at radius 3 is 2.23 bits per heavy atom. The van der Waals surface area contributed by atoms with Gasteiger partial charge in [0.05, 0.1) is 5.75 Å². The van der Waals surface area contributed by atoms with Gasteiger partial charge in [-0.25, -0.2) is 12.7 Å². The van der Waals surface area contributed by atoms with Gasteiger partial charge in [0.25, 0.3) is 5.91 Å². The zero-order chi connectivity index (χ0) is 18.4. The molecule has 1 aromatic carbocycles. The number of carbonyl (C=O) groups is 1. The van der Waals surface area contributed by atoms with Gasteiger partial charge in [-0.15, -0.1) is 0 Å². The minimum absolute atomic E-state index is 0.0245. The molecule has 2 aromatic rings. The Hall–Kier alpha value is -2.25. The number of hydrogen-bond acceptors (Lipinski definition) is 4. The summed E-state index contributed by atoms with van der Waals surface area (Å²) in [6.45, 7) is 1.64. The maximum atomic E-state index is 12.5. The first kappa shape index (κ1) is 18.5. The van der Waals surface area contributed by atoms with Crippen molar-refractivity contribution < 1.29 is 13.2 Å². The molecule has 3 rings (SSSR count). The Labute approximate surface area is 154 Å². The van der Waals surface area contributed by atoms with E-state index in [1.807, 2.05) is 24.3 Å². The van der Waals surface area contributed by atoms with Crippen LogP contribution in [0, 0.1) is 0 Å². The second-order valence-electron chi connectivity index (χ2n) is 6.45. The van der Waals surface area contributed by atoms with E-state index in [1.165, 1.54) is 0 Å². The van der Waals surface area contributed by atoms with E-state index in [9.17, 15) is 13.2 Å². The minimum Gasteiger partial charge on any atom is -0.348 e. The SMILES string of the molecule is O=C(NCc1ccc(CS(=O)(=O)N2CCCCC2)cc1)c1ccncc1. The first-order valence-corrected chi connectivity index (χ1v) is 10.4. The van der Waals surface area contributed by atoms with Crippen molar-refractivity contribution in [2.24, 2.45) is 0 Å². The van der Waals surface area contributed by atoms with Gasteiger partial charge in [-0.1, -0.05) is 30.7 Å². The van der Waals surface area contributed by atoms with Gasteiger partial charge < -0.3 is 5.32 Å². The number of piperidine rings is 1. The van der Waals surface area contributed by atoms with Crippen LogP contribution in [0.25, 0.3) is 0 Å². The lowest BCUT2D eigenvalue weighted by atomic mass is 10.1. The quantitative estimate of drug-likeness (QED) is 0.843. The highest BCUT2D eigenvalue weighted by atomic mass is 32.2. The van der Waals surface area contributed by atoms with Crippen molar-refractivity contribution >= 4 is 15.9 Å². The number of amides is 1. The predicted octanol–water partition coefficient (Wildman–Crippen LogP) is 2.33. The second-order valence-corrected chi connectivity index (χ2v) is 8.42. The van der Waals surface area contributed by atoms with Crippen LogP contribution in [0.2, 0.25) is 0 Å². The van der Waals surface area contributed by atoms with Crippen molar-refractivity contribution in [2.75, 3.05) is 13.1 Å². The molecule has 26 heavy (non-hydrogen) atoms. The number of rotatable bonds is 6. The standard InChI is InChI=1S/C19H23N3O3S/c23-19(18-8-10-20-11-9-18)21-14-16-4-6-17(7-5-16)15-26(24,25)22-12-2-1-3-13-22/h4-11H,1-3,12-15H2,(H,21,23). The average Bonchev–Trinajstić information content (AvgIpc) is 2.68. The lowest BCUT2D eigenvalue weighted by Gasteiger charge is -2.25. The molecular weight excluding hydrogens is 350 g/mol. The summed E-state index contributed by atoms with van der Waals surface area (Å²) in [5.74, 6) is -0.138. The maximum Gasteiger partial charge on any atom is 0.251 e. The number of carbonyl (C=O) groups excluding carboxylic acids is 1. The summed E-state index contributed by atoms with van der Waals surface area (Å²) in [6.07, 6.45) is 6.13. The zero-order valence-electron chi connectivity index (χ0n) is 14.6. The number of aromatic nitrogens is 1. The van der Waals surface area contributed by atoms with E-state index in [0.29, 0.717) is 25.2 Å². The smallest absolute Gasteiger partial charge is 0.251 e. The Bertz CT molecular complexity index is 830. The van der Waals surface area contributed by atoms with Crippen molar-refractivity contribution in [3.8, 4) is 0 Å². The van der Waals surface area contributed by atoms with E-state index in [-0.39, 0.29) is 11.7 Å². The van der Waals surface area contributed by atoms with E-state index in [1.54, 1.807) is 28.8 Å². The number of nitrogens with one attached hydrogen (secondary N) is 1. The molecule has 1 saturated heterocycles. The highest BCUT2D eigenvalue weighted by molar-refractivity contribution is 7.88. The van der Waals surface area contributed by atoms with E-state index in [0.717, 1.165) is 30.4 Å². The van der Waals surface area contributed by atoms with Gasteiger partial charge in [0.15, 0.2) is 0 Å². The average molecular weight is 373 g/mol. The summed E-state index contributed by atoms with van der Waals surface area (Å²) in [5.41, 5.74) is 2.25. The fourth-order valence-corrected chi connectivity index (χ4v) is 4.60. The molecule has 1 N–H and O–H groups in total. The van der Waals surface area contributed by atoms with E-state index in [2.05, 4.69) is 10.3 Å². The van der Waals surface area contributed by atoms with Crippen LogP contribution in [-0.2, 0) is 22.3 Å². The third kappa shape index (κ3) is 4.89. The number of pyridine rings is 1. The van der Waals surface area contributed by atoms with Crippen molar-refractivity contribution in [3.05, 3.63) is 65.5 Å². The van der Waals surface area contributed by atoms with Gasteiger partial charge >= 0.3 is 0 Å². The van der Waals surface area contributed by atoms with Gasteiger partial charge in [-0.2, -0.15) is 0 Å². The molecule has 0 bridgehead atoms. The molecule has 1 aliphatic rings. The van der Waals surface area contributed by atoms with Crippen LogP contribution in [0.15, 0.2) is 48.8 Å². The first-order valence-electron chi connectivity index (χ1n) is 8.78. The molecule has 0 atom stereocenters. The third-order valence-corrected chi connectivity index (χ3v) is 6.33. The molecule has 1 aromatic heterocycles. The topological polar surface area (TPSA) is 79.4 Å². The number of hydrogen-bond donors (Lipinski definition) is 1. The molecule has 0 spiro atoms. The summed E-state index contributed by atoms with van der Waals surface area (Å²) in [7, 11) is -3.25. The van der Waals surface area contributed by atoms with E-state index < -0.39 is 10.0 Å².